The molecule has 0 fully saturated rings. The van der Waals surface area contributed by atoms with Crippen LogP contribution in [0, 0.1) is 10.1 Å². The molecule has 0 bridgehead atoms. The van der Waals surface area contributed by atoms with Gasteiger partial charge in [0.25, 0.3) is 5.69 Å². The van der Waals surface area contributed by atoms with E-state index in [-0.39, 0.29) is 18.0 Å². The lowest BCUT2D eigenvalue weighted by molar-refractivity contribution is -0.384. The molecule has 8 heteroatoms. The first-order valence-electron chi connectivity index (χ1n) is 9.81. The van der Waals surface area contributed by atoms with E-state index in [1.807, 2.05) is 43.5 Å². The number of carbonyl (C=O) groups excluding carboxylic acids is 1. The quantitative estimate of drug-likeness (QED) is 0.314. The molecule has 3 rings (SSSR count). The van der Waals surface area contributed by atoms with E-state index in [1.165, 1.54) is 12.1 Å². The van der Waals surface area contributed by atoms with Gasteiger partial charge in [-0.3, -0.25) is 14.9 Å². The zero-order valence-electron chi connectivity index (χ0n) is 16.8. The molecule has 3 aromatic rings. The number of non-ortho nitro benzene ring substituents is 1. The Morgan fingerprint density at radius 3 is 2.57 bits per heavy atom. The molecule has 1 heterocycles. The minimum atomic E-state index is -0.442. The second kappa shape index (κ2) is 10.3. The van der Waals surface area contributed by atoms with Gasteiger partial charge in [-0.2, -0.15) is 5.10 Å². The van der Waals surface area contributed by atoms with Crippen LogP contribution in [0.5, 0.6) is 0 Å². The summed E-state index contributed by atoms with van der Waals surface area (Å²) in [6, 6.07) is 15.8. The third-order valence-corrected chi connectivity index (χ3v) is 4.51. The van der Waals surface area contributed by atoms with Gasteiger partial charge in [0, 0.05) is 49.2 Å². The average molecular weight is 408 g/mol. The summed E-state index contributed by atoms with van der Waals surface area (Å²) >= 11 is 0. The number of nitrogens with zero attached hydrogens (tertiary/aromatic N) is 3. The normalized spacial score (nSPS) is 10.7. The van der Waals surface area contributed by atoms with E-state index < -0.39 is 4.92 Å². The molecule has 0 radical (unpaired) electrons. The van der Waals surface area contributed by atoms with Gasteiger partial charge in [0.1, 0.15) is 0 Å². The van der Waals surface area contributed by atoms with Crippen LogP contribution in [0.4, 0.5) is 5.69 Å². The standard InChI is InChI=1S/C22H24N4O4/c1-2-30-14-6-13-23-21(27)15-18-16-25(19-7-4-3-5-8-19)24-22(18)17-9-11-20(12-10-17)26(28)29/h3-5,7-12,16H,2,6,13-15H2,1H3,(H,23,27). The summed E-state index contributed by atoms with van der Waals surface area (Å²) in [5.74, 6) is -0.109. The van der Waals surface area contributed by atoms with E-state index in [1.54, 1.807) is 16.8 Å². The minimum absolute atomic E-state index is 0.00910. The molecule has 0 unspecified atom stereocenters. The number of aromatic nitrogens is 2. The first-order chi connectivity index (χ1) is 14.6. The number of carbonyl (C=O) groups is 1. The number of hydrogen-bond acceptors (Lipinski definition) is 5. The molecule has 1 N–H and O–H groups in total. The predicted molar refractivity (Wildman–Crippen MR) is 113 cm³/mol. The number of nitro benzene ring substituents is 1. The van der Waals surface area contributed by atoms with Crippen LogP contribution in [-0.2, 0) is 16.0 Å². The van der Waals surface area contributed by atoms with Crippen molar-refractivity contribution in [2.45, 2.75) is 19.8 Å². The zero-order valence-corrected chi connectivity index (χ0v) is 16.8. The van der Waals surface area contributed by atoms with Crippen molar-refractivity contribution in [1.29, 1.82) is 0 Å². The molecule has 1 amide bonds. The van der Waals surface area contributed by atoms with Gasteiger partial charge < -0.3 is 10.1 Å². The molecule has 8 nitrogen and oxygen atoms in total. The molecule has 30 heavy (non-hydrogen) atoms. The molecular weight excluding hydrogens is 384 g/mol. The lowest BCUT2D eigenvalue weighted by Gasteiger charge is -2.06. The second-order valence-corrected chi connectivity index (χ2v) is 6.66. The van der Waals surface area contributed by atoms with Crippen molar-refractivity contribution in [2.75, 3.05) is 19.8 Å². The Kier molecular flexibility index (Phi) is 7.29. The maximum Gasteiger partial charge on any atom is 0.269 e. The number of para-hydroxylation sites is 1. The van der Waals surface area contributed by atoms with E-state index in [0.29, 0.717) is 25.5 Å². The molecule has 0 aliphatic rings. The fourth-order valence-electron chi connectivity index (χ4n) is 3.02. The largest absolute Gasteiger partial charge is 0.382 e. The van der Waals surface area contributed by atoms with Crippen LogP contribution in [0.1, 0.15) is 18.9 Å². The van der Waals surface area contributed by atoms with Crippen molar-refractivity contribution < 1.29 is 14.5 Å². The van der Waals surface area contributed by atoms with Crippen molar-refractivity contribution in [3.05, 3.63) is 76.5 Å². The van der Waals surface area contributed by atoms with E-state index in [9.17, 15) is 14.9 Å². The third kappa shape index (κ3) is 5.51. The Bertz CT molecular complexity index is 984. The summed E-state index contributed by atoms with van der Waals surface area (Å²) in [5, 5.41) is 18.5. The van der Waals surface area contributed by atoms with Crippen LogP contribution < -0.4 is 5.32 Å². The Balaban J connectivity index is 1.82. The van der Waals surface area contributed by atoms with Crippen molar-refractivity contribution in [2.24, 2.45) is 0 Å². The molecule has 2 aromatic carbocycles. The van der Waals surface area contributed by atoms with Crippen LogP contribution >= 0.6 is 0 Å². The first-order valence-corrected chi connectivity index (χ1v) is 9.81. The summed E-state index contributed by atoms with van der Waals surface area (Å²) in [4.78, 5) is 22.9. The summed E-state index contributed by atoms with van der Waals surface area (Å²) in [5.41, 5.74) is 2.96. The Labute approximate surface area is 174 Å². The highest BCUT2D eigenvalue weighted by Crippen LogP contribution is 2.26. The highest BCUT2D eigenvalue weighted by molar-refractivity contribution is 5.81. The molecule has 0 aliphatic carbocycles. The maximum atomic E-state index is 12.4. The van der Waals surface area contributed by atoms with Crippen LogP contribution in [0.3, 0.4) is 0 Å². The van der Waals surface area contributed by atoms with Crippen LogP contribution in [0.15, 0.2) is 60.8 Å². The first kappa shape index (κ1) is 21.2. The number of ether oxygens (including phenoxy) is 1. The smallest absolute Gasteiger partial charge is 0.269 e. The van der Waals surface area contributed by atoms with Gasteiger partial charge >= 0.3 is 0 Å². The fraction of sp³-hybridized carbons (Fsp3) is 0.273. The topological polar surface area (TPSA) is 99.3 Å². The lowest BCUT2D eigenvalue weighted by Crippen LogP contribution is -2.26. The number of nitrogens with one attached hydrogen (secondary N) is 1. The molecule has 0 spiro atoms. The SMILES string of the molecule is CCOCCCNC(=O)Cc1cn(-c2ccccc2)nc1-c1ccc([N+](=O)[O-])cc1. The van der Waals surface area contributed by atoms with E-state index in [2.05, 4.69) is 10.4 Å². The van der Waals surface area contributed by atoms with Gasteiger partial charge in [0.15, 0.2) is 0 Å². The molecule has 156 valence electrons. The van der Waals surface area contributed by atoms with E-state index in [0.717, 1.165) is 23.2 Å². The van der Waals surface area contributed by atoms with Crippen LogP contribution in [-0.4, -0.2) is 40.4 Å². The third-order valence-electron chi connectivity index (χ3n) is 4.51. The number of rotatable bonds is 10. The van der Waals surface area contributed by atoms with Crippen molar-refractivity contribution >= 4 is 11.6 Å². The molecule has 0 saturated heterocycles. The lowest BCUT2D eigenvalue weighted by atomic mass is 10.1. The maximum absolute atomic E-state index is 12.4. The Morgan fingerprint density at radius 1 is 1.17 bits per heavy atom. The molecule has 0 saturated carbocycles. The van der Waals surface area contributed by atoms with Gasteiger partial charge in [-0.1, -0.05) is 18.2 Å². The number of hydrogen-bond donors (Lipinski definition) is 1. The second-order valence-electron chi connectivity index (χ2n) is 6.66. The Morgan fingerprint density at radius 2 is 1.90 bits per heavy atom. The fourth-order valence-corrected chi connectivity index (χ4v) is 3.02. The summed E-state index contributed by atoms with van der Waals surface area (Å²) in [7, 11) is 0. The number of nitro groups is 1. The molecule has 0 aliphatic heterocycles. The van der Waals surface area contributed by atoms with Crippen LogP contribution in [0.2, 0.25) is 0 Å². The van der Waals surface area contributed by atoms with Crippen LogP contribution in [0.25, 0.3) is 16.9 Å². The monoisotopic (exact) mass is 408 g/mol. The summed E-state index contributed by atoms with van der Waals surface area (Å²) in [6.07, 6.45) is 2.73. The predicted octanol–water partition coefficient (Wildman–Crippen LogP) is 3.53. The van der Waals surface area contributed by atoms with Gasteiger partial charge in [0.05, 0.1) is 22.7 Å². The van der Waals surface area contributed by atoms with Gasteiger partial charge in [-0.25, -0.2) is 4.68 Å². The summed E-state index contributed by atoms with van der Waals surface area (Å²) < 4.78 is 6.99. The van der Waals surface area contributed by atoms with Crippen molar-refractivity contribution in [3.8, 4) is 16.9 Å². The number of amides is 1. The van der Waals surface area contributed by atoms with E-state index in [4.69, 9.17) is 4.74 Å². The summed E-state index contributed by atoms with van der Waals surface area (Å²) in [6.45, 7) is 3.74. The zero-order chi connectivity index (χ0) is 21.3. The van der Waals surface area contributed by atoms with Gasteiger partial charge in [0.2, 0.25) is 5.91 Å². The highest BCUT2D eigenvalue weighted by Gasteiger charge is 2.16. The Hall–Kier alpha value is -3.52. The molecule has 1 aromatic heterocycles. The number of benzene rings is 2. The van der Waals surface area contributed by atoms with Crippen molar-refractivity contribution in [3.63, 3.8) is 0 Å². The van der Waals surface area contributed by atoms with E-state index >= 15 is 0 Å². The van der Waals surface area contributed by atoms with Gasteiger partial charge in [-0.05, 0) is 37.6 Å². The highest BCUT2D eigenvalue weighted by atomic mass is 16.6. The molecule has 0 atom stereocenters. The molecular formula is C22H24N4O4. The van der Waals surface area contributed by atoms with Gasteiger partial charge in [-0.15, -0.1) is 0 Å². The van der Waals surface area contributed by atoms with Crippen molar-refractivity contribution in [1.82, 2.24) is 15.1 Å². The minimum Gasteiger partial charge on any atom is -0.382 e. The average Bonchev–Trinajstić information content (AvgIpc) is 3.18.